The molecule has 6 heteroatoms. The van der Waals surface area contributed by atoms with Crippen molar-refractivity contribution in [3.05, 3.63) is 84.2 Å². The summed E-state index contributed by atoms with van der Waals surface area (Å²) >= 11 is 0. The Bertz CT molecular complexity index is 1180. The second-order valence-corrected chi connectivity index (χ2v) is 8.97. The van der Waals surface area contributed by atoms with Gasteiger partial charge in [-0.05, 0) is 69.2 Å². The van der Waals surface area contributed by atoms with Crippen molar-refractivity contribution in [1.29, 1.82) is 0 Å². The minimum atomic E-state index is -0.615. The molecule has 2 aromatic heterocycles. The van der Waals surface area contributed by atoms with E-state index < -0.39 is 6.10 Å². The van der Waals surface area contributed by atoms with Crippen LogP contribution in [-0.4, -0.2) is 39.9 Å². The molecule has 0 amide bonds. The molecule has 172 valence electrons. The molecule has 0 aliphatic carbocycles. The van der Waals surface area contributed by atoms with Gasteiger partial charge in [-0.2, -0.15) is 0 Å². The van der Waals surface area contributed by atoms with Crippen LogP contribution < -0.4 is 14.8 Å². The Morgan fingerprint density at radius 1 is 1.06 bits per heavy atom. The van der Waals surface area contributed by atoms with Gasteiger partial charge in [0.15, 0.2) is 0 Å². The normalized spacial score (nSPS) is 12.6. The van der Waals surface area contributed by atoms with Crippen molar-refractivity contribution in [3.63, 3.8) is 0 Å². The molecule has 0 radical (unpaired) electrons. The van der Waals surface area contributed by atoms with E-state index in [9.17, 15) is 5.11 Å². The predicted molar refractivity (Wildman–Crippen MR) is 131 cm³/mol. The summed E-state index contributed by atoms with van der Waals surface area (Å²) in [5.41, 5.74) is 3.01. The number of rotatable bonds is 10. The van der Waals surface area contributed by atoms with Gasteiger partial charge in [0.2, 0.25) is 5.88 Å². The largest absolute Gasteiger partial charge is 0.490 e. The first kappa shape index (κ1) is 22.8. The zero-order chi connectivity index (χ0) is 23.3. The number of aromatic amines is 1. The standard InChI is InChI=1S/C27H31N3O3/c1-19-6-5-14-29-26(19)33-22-11-9-20(10-12-22)16-27(2,3)30-17-21(31)18-32-25-8-4-7-24-23(25)13-15-28-24/h4-15,21,28,30-31H,16-18H2,1-3H3. The van der Waals surface area contributed by atoms with Gasteiger partial charge in [-0.25, -0.2) is 4.98 Å². The Morgan fingerprint density at radius 3 is 2.67 bits per heavy atom. The fourth-order valence-corrected chi connectivity index (χ4v) is 3.76. The fraction of sp³-hybridized carbons (Fsp3) is 0.296. The fourth-order valence-electron chi connectivity index (χ4n) is 3.76. The van der Waals surface area contributed by atoms with Crippen molar-refractivity contribution in [3.8, 4) is 17.4 Å². The summed E-state index contributed by atoms with van der Waals surface area (Å²) in [5, 5.41) is 14.9. The van der Waals surface area contributed by atoms with Crippen LogP contribution in [0.4, 0.5) is 0 Å². The molecule has 33 heavy (non-hydrogen) atoms. The number of fused-ring (bicyclic) bond motifs is 1. The van der Waals surface area contributed by atoms with Crippen LogP contribution in [0.3, 0.4) is 0 Å². The van der Waals surface area contributed by atoms with Gasteiger partial charge >= 0.3 is 0 Å². The van der Waals surface area contributed by atoms with Crippen molar-refractivity contribution in [2.45, 2.75) is 38.8 Å². The number of aryl methyl sites for hydroxylation is 1. The van der Waals surface area contributed by atoms with Crippen LogP contribution in [0, 0.1) is 6.92 Å². The molecule has 2 aromatic carbocycles. The highest BCUT2D eigenvalue weighted by atomic mass is 16.5. The lowest BCUT2D eigenvalue weighted by molar-refractivity contribution is 0.0996. The number of aliphatic hydroxyl groups is 1. The Labute approximate surface area is 194 Å². The van der Waals surface area contributed by atoms with Crippen molar-refractivity contribution >= 4 is 10.9 Å². The van der Waals surface area contributed by atoms with Gasteiger partial charge in [0.1, 0.15) is 24.2 Å². The lowest BCUT2D eigenvalue weighted by atomic mass is 9.94. The first-order chi connectivity index (χ1) is 15.9. The van der Waals surface area contributed by atoms with E-state index in [1.165, 1.54) is 5.56 Å². The van der Waals surface area contributed by atoms with E-state index >= 15 is 0 Å². The molecule has 1 unspecified atom stereocenters. The smallest absolute Gasteiger partial charge is 0.222 e. The van der Waals surface area contributed by atoms with E-state index in [0.29, 0.717) is 12.4 Å². The third-order valence-corrected chi connectivity index (χ3v) is 5.55. The number of hydrogen-bond donors (Lipinski definition) is 3. The molecule has 0 spiro atoms. The maximum atomic E-state index is 10.4. The van der Waals surface area contributed by atoms with E-state index in [0.717, 1.165) is 34.4 Å². The molecule has 0 saturated carbocycles. The number of benzene rings is 2. The summed E-state index contributed by atoms with van der Waals surface area (Å²) in [4.78, 5) is 7.44. The summed E-state index contributed by atoms with van der Waals surface area (Å²) in [6.45, 7) is 6.90. The molecular formula is C27H31N3O3. The monoisotopic (exact) mass is 445 g/mol. The van der Waals surface area contributed by atoms with Crippen molar-refractivity contribution in [1.82, 2.24) is 15.3 Å². The number of hydrogen-bond acceptors (Lipinski definition) is 5. The van der Waals surface area contributed by atoms with Crippen LogP contribution >= 0.6 is 0 Å². The van der Waals surface area contributed by atoms with Crippen molar-refractivity contribution in [2.24, 2.45) is 0 Å². The first-order valence-electron chi connectivity index (χ1n) is 11.2. The maximum Gasteiger partial charge on any atom is 0.222 e. The van der Waals surface area contributed by atoms with E-state index in [1.54, 1.807) is 6.20 Å². The molecule has 0 aliphatic rings. The zero-order valence-corrected chi connectivity index (χ0v) is 19.3. The van der Waals surface area contributed by atoms with Gasteiger partial charge in [-0.3, -0.25) is 0 Å². The number of β-amino-alcohol motifs (C(OH)–C–C–N with tert-alkyl or cyclic N) is 1. The SMILES string of the molecule is Cc1cccnc1Oc1ccc(CC(C)(C)NCC(O)COc2cccc3[nH]ccc23)cc1. The summed E-state index contributed by atoms with van der Waals surface area (Å²) in [7, 11) is 0. The summed E-state index contributed by atoms with van der Waals surface area (Å²) in [5.74, 6) is 2.16. The van der Waals surface area contributed by atoms with E-state index in [4.69, 9.17) is 9.47 Å². The topological polar surface area (TPSA) is 79.4 Å². The number of H-pyrrole nitrogens is 1. The number of aromatic nitrogens is 2. The third-order valence-electron chi connectivity index (χ3n) is 5.55. The molecule has 1 atom stereocenters. The van der Waals surface area contributed by atoms with Crippen LogP contribution in [0.15, 0.2) is 73.1 Å². The number of ether oxygens (including phenoxy) is 2. The van der Waals surface area contributed by atoms with Crippen LogP contribution in [0.5, 0.6) is 17.4 Å². The lowest BCUT2D eigenvalue weighted by Crippen LogP contribution is -2.46. The summed E-state index contributed by atoms with van der Waals surface area (Å²) in [6.07, 6.45) is 3.81. The molecule has 2 heterocycles. The average molecular weight is 446 g/mol. The second-order valence-electron chi connectivity index (χ2n) is 8.97. The van der Waals surface area contributed by atoms with E-state index in [-0.39, 0.29) is 12.1 Å². The quantitative estimate of drug-likeness (QED) is 0.320. The van der Waals surface area contributed by atoms with Crippen LogP contribution in [-0.2, 0) is 6.42 Å². The second kappa shape index (κ2) is 10.1. The molecule has 4 aromatic rings. The lowest BCUT2D eigenvalue weighted by Gasteiger charge is -2.28. The highest BCUT2D eigenvalue weighted by Crippen LogP contribution is 2.25. The van der Waals surface area contributed by atoms with Crippen LogP contribution in [0.1, 0.15) is 25.0 Å². The Hall–Kier alpha value is -3.35. The number of nitrogens with one attached hydrogen (secondary N) is 2. The molecule has 0 bridgehead atoms. The van der Waals surface area contributed by atoms with Crippen LogP contribution in [0.25, 0.3) is 10.9 Å². The van der Waals surface area contributed by atoms with Gasteiger partial charge in [0.05, 0.1) is 0 Å². The first-order valence-corrected chi connectivity index (χ1v) is 11.2. The summed E-state index contributed by atoms with van der Waals surface area (Å²) in [6, 6.07) is 19.8. The molecular weight excluding hydrogens is 414 g/mol. The number of pyridine rings is 1. The third kappa shape index (κ3) is 6.12. The Morgan fingerprint density at radius 2 is 1.88 bits per heavy atom. The molecule has 0 saturated heterocycles. The Kier molecular flexibility index (Phi) is 6.96. The maximum absolute atomic E-state index is 10.4. The minimum absolute atomic E-state index is 0.193. The van der Waals surface area contributed by atoms with Crippen LogP contribution in [0.2, 0.25) is 0 Å². The molecule has 3 N–H and O–H groups in total. The van der Waals surface area contributed by atoms with Crippen molar-refractivity contribution in [2.75, 3.05) is 13.2 Å². The predicted octanol–water partition coefficient (Wildman–Crippen LogP) is 5.01. The van der Waals surface area contributed by atoms with Gasteiger partial charge < -0.3 is 24.9 Å². The molecule has 6 nitrogen and oxygen atoms in total. The Balaban J connectivity index is 1.26. The summed E-state index contributed by atoms with van der Waals surface area (Å²) < 4.78 is 11.7. The van der Waals surface area contributed by atoms with E-state index in [2.05, 4.69) is 41.3 Å². The number of nitrogens with zero attached hydrogens (tertiary/aromatic N) is 1. The van der Waals surface area contributed by atoms with Gasteiger partial charge in [0.25, 0.3) is 0 Å². The van der Waals surface area contributed by atoms with E-state index in [1.807, 2.05) is 61.7 Å². The molecule has 0 fully saturated rings. The van der Waals surface area contributed by atoms with Crippen molar-refractivity contribution < 1.29 is 14.6 Å². The number of aliphatic hydroxyl groups excluding tert-OH is 1. The average Bonchev–Trinajstić information content (AvgIpc) is 3.29. The van der Waals surface area contributed by atoms with Gasteiger partial charge in [-0.15, -0.1) is 0 Å². The highest BCUT2D eigenvalue weighted by Gasteiger charge is 2.20. The highest BCUT2D eigenvalue weighted by molar-refractivity contribution is 5.85. The molecule has 4 rings (SSSR count). The zero-order valence-electron chi connectivity index (χ0n) is 19.3. The minimum Gasteiger partial charge on any atom is -0.490 e. The van der Waals surface area contributed by atoms with Gasteiger partial charge in [0, 0.05) is 40.9 Å². The molecule has 0 aliphatic heterocycles. The van der Waals surface area contributed by atoms with Gasteiger partial charge in [-0.1, -0.05) is 24.3 Å².